The van der Waals surface area contributed by atoms with Gasteiger partial charge in [0.05, 0.1) is 42.9 Å². The second-order valence-corrected chi connectivity index (χ2v) is 27.2. The van der Waals surface area contributed by atoms with Gasteiger partial charge in [-0.15, -0.1) is 5.10 Å². The third kappa shape index (κ3) is 19.5. The standard InChI is InChI=1S/C19H29NO3.C17H21F2N3O.C15H20N4O.C11H14N4.C11H18N2O/c1-14(2)17-11-16(22-13-15-9-7-6-8-10-15)12-20(17)18(21)23-19(3,4)5;1-12(2)22-16(14-8-3-4-9-15(14)21-22)17(18,19)23-11-13-7-5-6-10-20-13;1-11(2)19-13-7-4-3-6-12(13)15(18-19)20-10-14-16-8-5-9-17-14;1-9(2)15-10(3)5-6-11(13-15)14-8-4-7-12-14;1-8(2)13-10-7-5-4-6-9(10)11(14)12(13)3/h6-10,14,16-17H,11-13H2,1-5H3;5-7,10,12H,3-4,8-9,11H2,1-2H3;5,8-9,11H,3-4,6-7,10H2,1-2H3;4-9H,3H2,1-2H3;8H,4-7H2,1-3H3/t16-,17+;;;;/m1..../s1. The summed E-state index contributed by atoms with van der Waals surface area (Å²) in [5, 5.41) is 19.5. The van der Waals surface area contributed by atoms with Crippen molar-refractivity contribution in [1.82, 2.24) is 63.6 Å². The van der Waals surface area contributed by atoms with Crippen molar-refractivity contribution in [2.45, 2.75) is 241 Å². The van der Waals surface area contributed by atoms with Crippen molar-refractivity contribution in [1.29, 1.82) is 0 Å². The fourth-order valence-corrected chi connectivity index (χ4v) is 12.5. The summed E-state index contributed by atoms with van der Waals surface area (Å²) >= 11 is 0. The number of benzene rings is 1. The molecule has 12 rings (SSSR count). The molecule has 514 valence electrons. The zero-order chi connectivity index (χ0) is 68.6. The Kier molecular flexibility index (Phi) is 25.7. The zero-order valence-electron chi connectivity index (χ0n) is 58.6. The summed E-state index contributed by atoms with van der Waals surface area (Å²) in [6.45, 7) is 31.7. The van der Waals surface area contributed by atoms with E-state index >= 15 is 0 Å². The highest BCUT2D eigenvalue weighted by molar-refractivity contribution is 5.95. The van der Waals surface area contributed by atoms with Crippen molar-refractivity contribution < 1.29 is 32.5 Å². The topological polar surface area (TPSA) is 192 Å². The highest BCUT2D eigenvalue weighted by Crippen LogP contribution is 2.39. The lowest BCUT2D eigenvalue weighted by atomic mass is 9.95. The number of amides is 1. The van der Waals surface area contributed by atoms with Gasteiger partial charge in [0.15, 0.2) is 11.7 Å². The van der Waals surface area contributed by atoms with Gasteiger partial charge in [-0.2, -0.15) is 24.1 Å². The number of aromatic nitrogens is 11. The van der Waals surface area contributed by atoms with E-state index < -0.39 is 11.7 Å². The highest BCUT2D eigenvalue weighted by atomic mass is 19.3. The van der Waals surface area contributed by atoms with Crippen LogP contribution in [0.25, 0.3) is 0 Å². The molecule has 7 aromatic rings. The number of rotatable bonds is 15. The first kappa shape index (κ1) is 72.7. The van der Waals surface area contributed by atoms with Gasteiger partial charge < -0.3 is 23.8 Å². The molecule has 1 aromatic carbocycles. The summed E-state index contributed by atoms with van der Waals surface area (Å²) in [4.78, 5) is 38.5. The Morgan fingerprint density at radius 1 is 0.674 bits per heavy atom. The van der Waals surface area contributed by atoms with Gasteiger partial charge in [-0.1, -0.05) is 56.8 Å². The normalized spacial score (nSPS) is 16.8. The number of halogens is 2. The lowest BCUT2D eigenvalue weighted by Crippen LogP contribution is -2.42. The van der Waals surface area contributed by atoms with Crippen molar-refractivity contribution >= 4 is 11.9 Å². The minimum Gasteiger partial charge on any atom is -0.468 e. The number of aryl methyl sites for hydroxylation is 1. The van der Waals surface area contributed by atoms with Crippen LogP contribution in [0.15, 0.2) is 126 Å². The summed E-state index contributed by atoms with van der Waals surface area (Å²) < 4.78 is 61.1. The van der Waals surface area contributed by atoms with E-state index in [0.29, 0.717) is 67.3 Å². The van der Waals surface area contributed by atoms with Gasteiger partial charge in [-0.05, 0) is 208 Å². The lowest BCUT2D eigenvalue weighted by molar-refractivity contribution is -0.261. The van der Waals surface area contributed by atoms with Gasteiger partial charge in [0.1, 0.15) is 17.9 Å². The minimum atomic E-state index is -3.38. The smallest absolute Gasteiger partial charge is 0.410 e. The van der Waals surface area contributed by atoms with Crippen molar-refractivity contribution in [3.63, 3.8) is 0 Å². The number of pyridine rings is 1. The third-order valence-corrected chi connectivity index (χ3v) is 17.0. The Morgan fingerprint density at radius 3 is 1.94 bits per heavy atom. The predicted octanol–water partition coefficient (Wildman–Crippen LogP) is 14.4. The second-order valence-electron chi connectivity index (χ2n) is 27.2. The molecule has 2 atom stereocenters. The van der Waals surface area contributed by atoms with E-state index in [0.717, 1.165) is 85.6 Å². The van der Waals surface area contributed by atoms with Gasteiger partial charge in [0.25, 0.3) is 5.56 Å². The molecule has 0 bridgehead atoms. The van der Waals surface area contributed by atoms with Gasteiger partial charge in [0, 0.05) is 96.3 Å². The number of alkyl halides is 2. The zero-order valence-corrected chi connectivity index (χ0v) is 58.6. The Morgan fingerprint density at radius 2 is 1.32 bits per heavy atom. The number of carbonyl (C=O) groups excluding carboxylic acids is 1. The van der Waals surface area contributed by atoms with Crippen LogP contribution >= 0.6 is 0 Å². The molecule has 0 spiro atoms. The Labute approximate surface area is 560 Å². The SMILES string of the molecule is C=C1C=CC(n2cccn2)=NN1C(C)C.CC(C)[C@@H]1C[C@@H](OCc2ccccc2)CN1C(=O)OC(C)(C)C.CC(C)n1c2c(c(=O)n1C)CCCC2.CC(C)n1nc(OCc2ncccn2)c2c1CCCC2.CC(C)n1nc2c(c1C(F)(F)OCc1ccccn1)CCCC2. The summed E-state index contributed by atoms with van der Waals surface area (Å²) in [6, 6.07) is 20.1. The van der Waals surface area contributed by atoms with Crippen molar-refractivity contribution in [2.75, 3.05) is 6.54 Å². The van der Waals surface area contributed by atoms with Crippen LogP contribution in [0.4, 0.5) is 13.6 Å². The molecule has 22 heteroatoms. The summed E-state index contributed by atoms with van der Waals surface area (Å²) in [6.07, 6.45) is 22.2. The molecular weight excluding hydrogens is 1210 g/mol. The molecule has 0 radical (unpaired) electrons. The Hall–Kier alpha value is -8.11. The first-order valence-electron chi connectivity index (χ1n) is 34.0. The number of fused-ring (bicyclic) bond motifs is 3. The molecule has 0 N–H and O–H groups in total. The molecule has 20 nitrogen and oxygen atoms in total. The molecule has 2 aliphatic heterocycles. The van der Waals surface area contributed by atoms with E-state index in [9.17, 15) is 18.4 Å². The summed E-state index contributed by atoms with van der Waals surface area (Å²) in [5.74, 6) is 2.64. The number of hydrogen-bond donors (Lipinski definition) is 0. The van der Waals surface area contributed by atoms with Crippen molar-refractivity contribution in [3.05, 3.63) is 183 Å². The van der Waals surface area contributed by atoms with E-state index in [4.69, 9.17) is 18.9 Å². The maximum Gasteiger partial charge on any atom is 0.410 e. The number of nitrogens with zero attached hydrogens (tertiary/aromatic N) is 14. The average molecular weight is 1310 g/mol. The minimum absolute atomic E-state index is 0.0649. The molecule has 0 unspecified atom stereocenters. The molecule has 1 amide bonds. The van der Waals surface area contributed by atoms with E-state index in [1.807, 2.05) is 94.2 Å². The molecule has 6 aromatic heterocycles. The van der Waals surface area contributed by atoms with Crippen molar-refractivity contribution in [3.8, 4) is 5.88 Å². The van der Waals surface area contributed by atoms with Crippen LogP contribution in [0.1, 0.15) is 210 Å². The quantitative estimate of drug-likeness (QED) is 0.0942. The van der Waals surface area contributed by atoms with Gasteiger partial charge >= 0.3 is 12.2 Å². The summed E-state index contributed by atoms with van der Waals surface area (Å²) in [7, 11) is 1.88. The second kappa shape index (κ2) is 33.5. The van der Waals surface area contributed by atoms with E-state index in [1.165, 1.54) is 47.3 Å². The van der Waals surface area contributed by atoms with Crippen LogP contribution in [0.5, 0.6) is 5.88 Å². The van der Waals surface area contributed by atoms with Gasteiger partial charge in [0.2, 0.25) is 5.88 Å². The third-order valence-electron chi connectivity index (χ3n) is 17.0. The molecule has 5 aliphatic rings. The molecular formula is C73H102F2N14O6. The van der Waals surface area contributed by atoms with E-state index in [1.54, 1.807) is 58.4 Å². The van der Waals surface area contributed by atoms with Crippen LogP contribution in [-0.2, 0) is 85.7 Å². The Bertz CT molecular complexity index is 3680. The largest absolute Gasteiger partial charge is 0.468 e. The van der Waals surface area contributed by atoms with Crippen LogP contribution in [0.3, 0.4) is 0 Å². The van der Waals surface area contributed by atoms with Crippen LogP contribution in [-0.4, -0.2) is 106 Å². The highest BCUT2D eigenvalue weighted by Gasteiger charge is 2.43. The number of hydrogen-bond acceptors (Lipinski definition) is 14. The molecule has 0 saturated carbocycles. The number of carbonyl (C=O) groups is 1. The van der Waals surface area contributed by atoms with Crippen LogP contribution in [0, 0.1) is 5.92 Å². The first-order valence-corrected chi connectivity index (χ1v) is 34.0. The summed E-state index contributed by atoms with van der Waals surface area (Å²) in [5.41, 5.74) is 8.62. The van der Waals surface area contributed by atoms with E-state index in [-0.39, 0.29) is 42.1 Å². The monoisotopic (exact) mass is 1310 g/mol. The first-order chi connectivity index (χ1) is 45.3. The number of hydrazone groups is 1. The fourth-order valence-electron chi connectivity index (χ4n) is 12.5. The van der Waals surface area contributed by atoms with Crippen LogP contribution in [0.2, 0.25) is 0 Å². The fraction of sp³-hybridized carbons (Fsp3) is 0.548. The molecule has 95 heavy (non-hydrogen) atoms. The molecule has 1 saturated heterocycles. The number of likely N-dealkylation sites (tertiary alicyclic amines) is 1. The van der Waals surface area contributed by atoms with Gasteiger partial charge in [-0.25, -0.2) is 19.4 Å². The average Bonchev–Trinajstić information content (AvgIpc) is 1.64. The Balaban J connectivity index is 0.000000154. The van der Waals surface area contributed by atoms with E-state index in [2.05, 4.69) is 119 Å². The molecule has 3 aliphatic carbocycles. The maximum atomic E-state index is 14.8. The maximum absolute atomic E-state index is 14.8. The van der Waals surface area contributed by atoms with Crippen molar-refractivity contribution in [2.24, 2.45) is 18.1 Å². The lowest BCUT2D eigenvalue weighted by Gasteiger charge is -2.30. The van der Waals surface area contributed by atoms with Gasteiger partial charge in [-0.3, -0.25) is 33.5 Å². The van der Waals surface area contributed by atoms with Crippen LogP contribution < -0.4 is 10.3 Å². The molecule has 8 heterocycles. The molecule has 1 fully saturated rings. The number of allylic oxidation sites excluding steroid dienone is 2. The number of ether oxygens (including phenoxy) is 4. The predicted molar refractivity (Wildman–Crippen MR) is 366 cm³/mol.